The van der Waals surface area contributed by atoms with Crippen molar-refractivity contribution in [1.29, 1.82) is 0 Å². The molecule has 0 aliphatic heterocycles. The quantitative estimate of drug-likeness (QED) is 0.818. The van der Waals surface area contributed by atoms with Gasteiger partial charge in [0.05, 0.1) is 6.26 Å². The predicted octanol–water partition coefficient (Wildman–Crippen LogP) is 3.13. The minimum atomic E-state index is -3.40. The third-order valence-electron chi connectivity index (χ3n) is 3.39. The molecular formula is C17H19ClN2O3S. The molecule has 5 nitrogen and oxygen atoms in total. The molecule has 0 aromatic heterocycles. The van der Waals surface area contributed by atoms with Crippen molar-refractivity contribution in [3.8, 4) is 0 Å². The second kappa shape index (κ2) is 8.28. The molecule has 0 atom stereocenters. The maximum atomic E-state index is 12.0. The van der Waals surface area contributed by atoms with Crippen LogP contribution in [0, 0.1) is 0 Å². The summed E-state index contributed by atoms with van der Waals surface area (Å²) in [4.78, 5) is 12.0. The van der Waals surface area contributed by atoms with E-state index in [0.29, 0.717) is 10.7 Å². The number of hydrogen-bond donors (Lipinski definition) is 1. The first kappa shape index (κ1) is 18.4. The molecule has 1 amide bonds. The number of hydrogen-bond acceptors (Lipinski definition) is 3. The Balaban J connectivity index is 1.95. The van der Waals surface area contributed by atoms with Crippen molar-refractivity contribution in [2.24, 2.45) is 0 Å². The molecule has 0 radical (unpaired) electrons. The zero-order chi connectivity index (χ0) is 17.6. The molecule has 2 aromatic rings. The van der Waals surface area contributed by atoms with Gasteiger partial charge in [0.25, 0.3) is 0 Å². The van der Waals surface area contributed by atoms with Gasteiger partial charge in [-0.15, -0.1) is 0 Å². The molecule has 128 valence electrons. The van der Waals surface area contributed by atoms with Gasteiger partial charge in [-0.1, -0.05) is 41.9 Å². The summed E-state index contributed by atoms with van der Waals surface area (Å²) in [5.74, 6) is -0.251. The van der Waals surface area contributed by atoms with Gasteiger partial charge in [-0.05, 0) is 29.8 Å². The zero-order valence-electron chi connectivity index (χ0n) is 13.3. The number of halogens is 1. The maximum Gasteiger partial charge on any atom is 0.225 e. The highest BCUT2D eigenvalue weighted by Crippen LogP contribution is 2.14. The van der Waals surface area contributed by atoms with E-state index >= 15 is 0 Å². The lowest BCUT2D eigenvalue weighted by Crippen LogP contribution is -2.32. The van der Waals surface area contributed by atoms with E-state index in [1.54, 1.807) is 24.3 Å². The Morgan fingerprint density at radius 2 is 1.71 bits per heavy atom. The van der Waals surface area contributed by atoms with Gasteiger partial charge in [0.2, 0.25) is 15.9 Å². The molecule has 2 rings (SSSR count). The van der Waals surface area contributed by atoms with Crippen molar-refractivity contribution in [2.45, 2.75) is 13.0 Å². The number of amides is 1. The Labute approximate surface area is 147 Å². The Morgan fingerprint density at radius 1 is 1.08 bits per heavy atom. The van der Waals surface area contributed by atoms with Crippen LogP contribution in [0.15, 0.2) is 54.6 Å². The monoisotopic (exact) mass is 366 g/mol. The maximum absolute atomic E-state index is 12.0. The highest BCUT2D eigenvalue weighted by Gasteiger charge is 2.18. The van der Waals surface area contributed by atoms with Crippen LogP contribution in [0.1, 0.15) is 12.0 Å². The highest BCUT2D eigenvalue weighted by molar-refractivity contribution is 7.88. The van der Waals surface area contributed by atoms with E-state index in [1.165, 1.54) is 4.31 Å². The summed E-state index contributed by atoms with van der Waals surface area (Å²) in [7, 11) is -3.40. The average Bonchev–Trinajstić information content (AvgIpc) is 2.53. The summed E-state index contributed by atoms with van der Waals surface area (Å²) in [5.41, 5.74) is 1.50. The van der Waals surface area contributed by atoms with E-state index in [9.17, 15) is 13.2 Å². The number of carbonyl (C=O) groups excluding carboxylic acids is 1. The lowest BCUT2D eigenvalue weighted by atomic mass is 10.2. The highest BCUT2D eigenvalue weighted by atomic mass is 35.5. The Kier molecular flexibility index (Phi) is 6.36. The van der Waals surface area contributed by atoms with Gasteiger partial charge >= 0.3 is 0 Å². The van der Waals surface area contributed by atoms with Crippen molar-refractivity contribution in [1.82, 2.24) is 4.31 Å². The molecule has 2 aromatic carbocycles. The fourth-order valence-corrected chi connectivity index (χ4v) is 3.06. The molecule has 0 heterocycles. The van der Waals surface area contributed by atoms with Crippen molar-refractivity contribution in [2.75, 3.05) is 18.1 Å². The normalized spacial score (nSPS) is 11.5. The van der Waals surface area contributed by atoms with Gasteiger partial charge < -0.3 is 5.32 Å². The summed E-state index contributed by atoms with van der Waals surface area (Å²) in [5, 5.41) is 3.30. The summed E-state index contributed by atoms with van der Waals surface area (Å²) in [6.07, 6.45) is 1.22. The number of anilines is 1. The zero-order valence-corrected chi connectivity index (χ0v) is 14.8. The molecule has 0 fully saturated rings. The molecule has 0 spiro atoms. The van der Waals surface area contributed by atoms with Crippen LogP contribution in [0.3, 0.4) is 0 Å². The Bertz CT molecular complexity index is 777. The van der Waals surface area contributed by atoms with E-state index in [0.717, 1.165) is 11.8 Å². The smallest absolute Gasteiger partial charge is 0.225 e. The third-order valence-corrected chi connectivity index (χ3v) is 4.89. The van der Waals surface area contributed by atoms with Crippen LogP contribution in [0.5, 0.6) is 0 Å². The van der Waals surface area contributed by atoms with Gasteiger partial charge in [0, 0.05) is 30.2 Å². The number of benzene rings is 2. The molecule has 0 bridgehead atoms. The molecule has 0 saturated carbocycles. The van der Waals surface area contributed by atoms with Crippen LogP contribution in [0.4, 0.5) is 5.69 Å². The van der Waals surface area contributed by atoms with Crippen LogP contribution >= 0.6 is 11.6 Å². The first-order valence-corrected chi connectivity index (χ1v) is 9.62. The number of carbonyl (C=O) groups is 1. The van der Waals surface area contributed by atoms with E-state index < -0.39 is 10.0 Å². The fourth-order valence-electron chi connectivity index (χ4n) is 2.13. The Morgan fingerprint density at radius 3 is 2.29 bits per heavy atom. The second-order valence-corrected chi connectivity index (χ2v) is 7.81. The standard InChI is InChI=1S/C17H19ClN2O3S/c1-24(22,23)20(13-14-5-3-2-4-6-14)12-11-17(21)19-16-9-7-15(18)8-10-16/h2-10H,11-13H2,1H3,(H,19,21). The first-order chi connectivity index (χ1) is 11.3. The Hall–Kier alpha value is -1.89. The molecule has 0 saturated heterocycles. The van der Waals surface area contributed by atoms with Crippen LogP contribution < -0.4 is 5.32 Å². The topological polar surface area (TPSA) is 66.5 Å². The lowest BCUT2D eigenvalue weighted by molar-refractivity contribution is -0.116. The third kappa shape index (κ3) is 5.96. The molecule has 0 unspecified atom stereocenters. The van der Waals surface area contributed by atoms with Crippen LogP contribution in [-0.4, -0.2) is 31.4 Å². The number of nitrogens with zero attached hydrogens (tertiary/aromatic N) is 1. The van der Waals surface area contributed by atoms with Gasteiger partial charge in [0.1, 0.15) is 0 Å². The van der Waals surface area contributed by atoms with Crippen molar-refractivity contribution in [3.05, 3.63) is 65.2 Å². The van der Waals surface area contributed by atoms with Crippen LogP contribution in [0.25, 0.3) is 0 Å². The predicted molar refractivity (Wildman–Crippen MR) is 96.4 cm³/mol. The first-order valence-electron chi connectivity index (χ1n) is 7.39. The molecule has 1 N–H and O–H groups in total. The number of sulfonamides is 1. The van der Waals surface area contributed by atoms with Gasteiger partial charge in [-0.3, -0.25) is 4.79 Å². The van der Waals surface area contributed by atoms with Crippen LogP contribution in [0.2, 0.25) is 5.02 Å². The van der Waals surface area contributed by atoms with E-state index in [1.807, 2.05) is 30.3 Å². The van der Waals surface area contributed by atoms with E-state index in [-0.39, 0.29) is 25.4 Å². The molecule has 7 heteroatoms. The second-order valence-electron chi connectivity index (χ2n) is 5.39. The number of rotatable bonds is 7. The van der Waals surface area contributed by atoms with Gasteiger partial charge in [-0.2, -0.15) is 4.31 Å². The summed E-state index contributed by atoms with van der Waals surface area (Å²) < 4.78 is 25.1. The van der Waals surface area contributed by atoms with Gasteiger partial charge in [0.15, 0.2) is 0 Å². The summed E-state index contributed by atoms with van der Waals surface area (Å²) >= 11 is 5.79. The average molecular weight is 367 g/mol. The SMILES string of the molecule is CS(=O)(=O)N(CCC(=O)Nc1ccc(Cl)cc1)Cc1ccccc1. The van der Waals surface area contributed by atoms with Crippen LogP contribution in [-0.2, 0) is 21.4 Å². The van der Waals surface area contributed by atoms with Crippen molar-refractivity contribution >= 4 is 33.2 Å². The minimum absolute atomic E-state index is 0.0720. The number of nitrogens with one attached hydrogen (secondary N) is 1. The van der Waals surface area contributed by atoms with Gasteiger partial charge in [-0.25, -0.2) is 8.42 Å². The summed E-state index contributed by atoms with van der Waals surface area (Å²) in [6.45, 7) is 0.362. The molecular weight excluding hydrogens is 348 g/mol. The van der Waals surface area contributed by atoms with Crippen molar-refractivity contribution in [3.63, 3.8) is 0 Å². The largest absolute Gasteiger partial charge is 0.326 e. The molecule has 24 heavy (non-hydrogen) atoms. The fraction of sp³-hybridized carbons (Fsp3) is 0.235. The van der Waals surface area contributed by atoms with E-state index in [2.05, 4.69) is 5.32 Å². The molecule has 0 aliphatic rings. The van der Waals surface area contributed by atoms with Crippen molar-refractivity contribution < 1.29 is 13.2 Å². The summed E-state index contributed by atoms with van der Waals surface area (Å²) in [6, 6.07) is 16.0. The minimum Gasteiger partial charge on any atom is -0.326 e. The lowest BCUT2D eigenvalue weighted by Gasteiger charge is -2.19. The molecule has 0 aliphatic carbocycles. The van der Waals surface area contributed by atoms with E-state index in [4.69, 9.17) is 11.6 Å².